The molecule has 2 heteroatoms. The monoisotopic (exact) mass is 267 g/mol. The summed E-state index contributed by atoms with van der Waals surface area (Å²) in [6, 6.07) is 10.8. The van der Waals surface area contributed by atoms with Crippen molar-refractivity contribution in [3.63, 3.8) is 0 Å². The van der Waals surface area contributed by atoms with Gasteiger partial charge in [-0.1, -0.05) is 36.8 Å². The van der Waals surface area contributed by atoms with Gasteiger partial charge in [0, 0.05) is 29.9 Å². The van der Waals surface area contributed by atoms with E-state index in [2.05, 4.69) is 48.7 Å². The number of hydrogen-bond acceptors (Lipinski definition) is 1. The number of carbonyl (C=O) groups is 1. The van der Waals surface area contributed by atoms with Crippen molar-refractivity contribution in [3.05, 3.63) is 58.4 Å². The van der Waals surface area contributed by atoms with Crippen molar-refractivity contribution in [3.8, 4) is 0 Å². The first kappa shape index (κ1) is 13.2. The number of ketones is 1. The second-order valence-corrected chi connectivity index (χ2v) is 5.70. The van der Waals surface area contributed by atoms with Crippen LogP contribution in [0.5, 0.6) is 0 Å². The third kappa shape index (κ3) is 2.31. The van der Waals surface area contributed by atoms with Gasteiger partial charge in [0.1, 0.15) is 0 Å². The molecule has 1 heterocycles. The molecule has 0 unspecified atom stereocenters. The van der Waals surface area contributed by atoms with E-state index >= 15 is 0 Å². The zero-order chi connectivity index (χ0) is 14.1. The number of aryl methyl sites for hydroxylation is 2. The highest BCUT2D eigenvalue weighted by atomic mass is 16.1. The SMILES string of the molecule is CCc1cc2c(n1Cc1ccc(C)cc1)CCCC2=O. The average Bonchev–Trinajstić information content (AvgIpc) is 2.81. The van der Waals surface area contributed by atoms with E-state index in [1.54, 1.807) is 0 Å². The first-order valence-electron chi connectivity index (χ1n) is 7.49. The van der Waals surface area contributed by atoms with Crippen LogP contribution in [-0.4, -0.2) is 10.4 Å². The van der Waals surface area contributed by atoms with E-state index < -0.39 is 0 Å². The number of Topliss-reactive ketones (excluding diaryl/α,β-unsaturated/α-hetero) is 1. The van der Waals surface area contributed by atoms with Crippen LogP contribution in [0.15, 0.2) is 30.3 Å². The Morgan fingerprint density at radius 1 is 1.15 bits per heavy atom. The molecule has 0 fully saturated rings. The fraction of sp³-hybridized carbons (Fsp3) is 0.389. The molecule has 0 amide bonds. The van der Waals surface area contributed by atoms with Crippen molar-refractivity contribution in [2.24, 2.45) is 0 Å². The maximum atomic E-state index is 12.1. The van der Waals surface area contributed by atoms with E-state index in [0.717, 1.165) is 31.4 Å². The Morgan fingerprint density at radius 3 is 2.60 bits per heavy atom. The molecule has 1 aliphatic carbocycles. The lowest BCUT2D eigenvalue weighted by atomic mass is 9.96. The van der Waals surface area contributed by atoms with Gasteiger partial charge in [0.25, 0.3) is 0 Å². The first-order chi connectivity index (χ1) is 9.69. The molecule has 2 nitrogen and oxygen atoms in total. The van der Waals surface area contributed by atoms with Crippen LogP contribution < -0.4 is 0 Å². The Labute approximate surface area is 120 Å². The molecule has 0 spiro atoms. The minimum absolute atomic E-state index is 0.323. The Balaban J connectivity index is 2.00. The molecule has 2 aromatic rings. The summed E-state index contributed by atoms with van der Waals surface area (Å²) in [5.41, 5.74) is 6.10. The fourth-order valence-electron chi connectivity index (χ4n) is 3.07. The van der Waals surface area contributed by atoms with E-state index in [0.29, 0.717) is 12.2 Å². The number of hydrogen-bond donors (Lipinski definition) is 0. The highest BCUT2D eigenvalue weighted by Gasteiger charge is 2.23. The van der Waals surface area contributed by atoms with Gasteiger partial charge in [-0.2, -0.15) is 0 Å². The van der Waals surface area contributed by atoms with Crippen LogP contribution in [0.2, 0.25) is 0 Å². The molecule has 104 valence electrons. The summed E-state index contributed by atoms with van der Waals surface area (Å²) in [4.78, 5) is 12.1. The van der Waals surface area contributed by atoms with Crippen LogP contribution in [0.25, 0.3) is 0 Å². The normalized spacial score (nSPS) is 14.4. The van der Waals surface area contributed by atoms with Gasteiger partial charge in [-0.15, -0.1) is 0 Å². The zero-order valence-corrected chi connectivity index (χ0v) is 12.3. The molecule has 0 saturated carbocycles. The Bertz CT molecular complexity index is 634. The smallest absolute Gasteiger partial charge is 0.164 e. The number of nitrogens with zero attached hydrogens (tertiary/aromatic N) is 1. The quantitative estimate of drug-likeness (QED) is 0.826. The number of rotatable bonds is 3. The molecule has 0 saturated heterocycles. The van der Waals surface area contributed by atoms with Crippen molar-refractivity contribution in [2.75, 3.05) is 0 Å². The molecule has 0 aliphatic heterocycles. The van der Waals surface area contributed by atoms with Crippen LogP contribution in [-0.2, 0) is 19.4 Å². The van der Waals surface area contributed by atoms with Crippen LogP contribution in [0.3, 0.4) is 0 Å². The molecule has 0 bridgehead atoms. The molecule has 1 aliphatic rings. The first-order valence-corrected chi connectivity index (χ1v) is 7.49. The summed E-state index contributed by atoms with van der Waals surface area (Å²) < 4.78 is 2.36. The maximum Gasteiger partial charge on any atom is 0.164 e. The summed E-state index contributed by atoms with van der Waals surface area (Å²) in [5.74, 6) is 0.323. The predicted octanol–water partition coefficient (Wildman–Crippen LogP) is 3.93. The van der Waals surface area contributed by atoms with Gasteiger partial charge in [-0.25, -0.2) is 0 Å². The topological polar surface area (TPSA) is 22.0 Å². The molecule has 20 heavy (non-hydrogen) atoms. The summed E-state index contributed by atoms with van der Waals surface area (Å²) >= 11 is 0. The Hall–Kier alpha value is -1.83. The van der Waals surface area contributed by atoms with Crippen LogP contribution >= 0.6 is 0 Å². The van der Waals surface area contributed by atoms with E-state index in [1.807, 2.05) is 0 Å². The molecule has 1 aromatic heterocycles. The van der Waals surface area contributed by atoms with E-state index in [-0.39, 0.29) is 0 Å². The number of carbonyl (C=O) groups excluding carboxylic acids is 1. The van der Waals surface area contributed by atoms with Crippen LogP contribution in [0, 0.1) is 6.92 Å². The van der Waals surface area contributed by atoms with E-state index in [1.165, 1.54) is 22.5 Å². The van der Waals surface area contributed by atoms with Gasteiger partial charge in [0.15, 0.2) is 5.78 Å². The lowest BCUT2D eigenvalue weighted by Gasteiger charge is -2.16. The van der Waals surface area contributed by atoms with Crippen LogP contribution in [0.4, 0.5) is 0 Å². The third-order valence-electron chi connectivity index (χ3n) is 4.24. The highest BCUT2D eigenvalue weighted by molar-refractivity contribution is 5.98. The molecule has 0 atom stereocenters. The second kappa shape index (κ2) is 5.28. The molecule has 1 aromatic carbocycles. The van der Waals surface area contributed by atoms with E-state index in [4.69, 9.17) is 0 Å². The van der Waals surface area contributed by atoms with Crippen molar-refractivity contribution in [1.29, 1.82) is 0 Å². The highest BCUT2D eigenvalue weighted by Crippen LogP contribution is 2.26. The molecule has 0 N–H and O–H groups in total. The van der Waals surface area contributed by atoms with E-state index in [9.17, 15) is 4.79 Å². The molecule has 0 radical (unpaired) electrons. The minimum Gasteiger partial charge on any atom is -0.344 e. The van der Waals surface area contributed by atoms with Crippen molar-refractivity contribution >= 4 is 5.78 Å². The molecular formula is C18H21NO. The summed E-state index contributed by atoms with van der Waals surface area (Å²) in [6.45, 7) is 5.15. The van der Waals surface area contributed by atoms with Gasteiger partial charge in [-0.3, -0.25) is 4.79 Å². The predicted molar refractivity (Wildman–Crippen MR) is 81.4 cm³/mol. The number of fused-ring (bicyclic) bond motifs is 1. The third-order valence-corrected chi connectivity index (χ3v) is 4.24. The Kier molecular flexibility index (Phi) is 3.47. The molecule has 3 rings (SSSR count). The van der Waals surface area contributed by atoms with Gasteiger partial charge in [0.05, 0.1) is 0 Å². The lowest BCUT2D eigenvalue weighted by Crippen LogP contribution is -2.14. The summed E-state index contributed by atoms with van der Waals surface area (Å²) in [7, 11) is 0. The average molecular weight is 267 g/mol. The van der Waals surface area contributed by atoms with Gasteiger partial charge in [0.2, 0.25) is 0 Å². The lowest BCUT2D eigenvalue weighted by molar-refractivity contribution is 0.0972. The van der Waals surface area contributed by atoms with Gasteiger partial charge in [-0.05, 0) is 37.8 Å². The molecular weight excluding hydrogens is 246 g/mol. The maximum absolute atomic E-state index is 12.1. The Morgan fingerprint density at radius 2 is 1.90 bits per heavy atom. The second-order valence-electron chi connectivity index (χ2n) is 5.70. The summed E-state index contributed by atoms with van der Waals surface area (Å²) in [5, 5.41) is 0. The van der Waals surface area contributed by atoms with Crippen molar-refractivity contribution in [2.45, 2.75) is 46.1 Å². The van der Waals surface area contributed by atoms with Crippen molar-refractivity contribution in [1.82, 2.24) is 4.57 Å². The largest absolute Gasteiger partial charge is 0.344 e. The minimum atomic E-state index is 0.323. The summed E-state index contributed by atoms with van der Waals surface area (Å²) in [6.07, 6.45) is 3.72. The van der Waals surface area contributed by atoms with Gasteiger partial charge >= 0.3 is 0 Å². The van der Waals surface area contributed by atoms with Gasteiger partial charge < -0.3 is 4.57 Å². The van der Waals surface area contributed by atoms with Crippen LogP contribution in [0.1, 0.15) is 52.6 Å². The number of aromatic nitrogens is 1. The fourth-order valence-corrected chi connectivity index (χ4v) is 3.07. The zero-order valence-electron chi connectivity index (χ0n) is 12.3. The van der Waals surface area contributed by atoms with Crippen molar-refractivity contribution < 1.29 is 4.79 Å². The number of benzene rings is 1. The standard InChI is InChI=1S/C18H21NO/c1-3-15-11-16-17(5-4-6-18(16)20)19(15)12-14-9-7-13(2)8-10-14/h7-11H,3-6,12H2,1-2H3.